The van der Waals surface area contributed by atoms with Gasteiger partial charge in [-0.05, 0) is 0 Å². The van der Waals surface area contributed by atoms with Gasteiger partial charge >= 0.3 is 182 Å². The first-order chi connectivity index (χ1) is 14.3. The van der Waals surface area contributed by atoms with Crippen molar-refractivity contribution in [3.8, 4) is 0 Å². The molecule has 0 aromatic heterocycles. The molecule has 148 valence electrons. The third-order valence-corrected chi connectivity index (χ3v) is 16.0. The fourth-order valence-corrected chi connectivity index (χ4v) is 13.7. The van der Waals surface area contributed by atoms with Crippen molar-refractivity contribution in [2.45, 2.75) is 9.79 Å². The molecule has 1 atom stereocenters. The van der Waals surface area contributed by atoms with E-state index in [2.05, 4.69) is 85.4 Å². The summed E-state index contributed by atoms with van der Waals surface area (Å²) in [6, 6.07) is 28.5. The molecule has 1 unspecified atom stereocenters. The molecule has 0 aliphatic rings. The Labute approximate surface area is 181 Å². The third kappa shape index (κ3) is 4.08. The Kier molecular flexibility index (Phi) is 6.55. The molecule has 4 rings (SSSR count). The summed E-state index contributed by atoms with van der Waals surface area (Å²) in [5.74, 6) is 0. The molecule has 0 saturated carbocycles. The molecule has 0 N–H and O–H groups in total. The van der Waals surface area contributed by atoms with E-state index < -0.39 is 18.8 Å². The van der Waals surface area contributed by atoms with Crippen LogP contribution in [0.5, 0.6) is 0 Å². The van der Waals surface area contributed by atoms with Crippen molar-refractivity contribution in [3.63, 3.8) is 0 Å². The normalized spacial score (nSPS) is 12.8. The Hall–Kier alpha value is -1.86. The average molecular weight is 515 g/mol. The van der Waals surface area contributed by atoms with Crippen molar-refractivity contribution in [1.29, 1.82) is 0 Å². The molecular formula is C25H24IO2S+. The van der Waals surface area contributed by atoms with E-state index in [9.17, 15) is 0 Å². The summed E-state index contributed by atoms with van der Waals surface area (Å²) in [7, 11) is 3.45. The molecule has 0 amide bonds. The van der Waals surface area contributed by atoms with Crippen LogP contribution in [0.15, 0.2) is 95.2 Å². The number of hydrogen-bond acceptors (Lipinski definition) is 2. The maximum atomic E-state index is 6.10. The first-order valence-corrected chi connectivity index (χ1v) is 15.5. The van der Waals surface area contributed by atoms with E-state index in [4.69, 9.17) is 7.80 Å². The van der Waals surface area contributed by atoms with Gasteiger partial charge in [0.15, 0.2) is 0 Å². The van der Waals surface area contributed by atoms with Gasteiger partial charge in [0.1, 0.15) is 0 Å². The van der Waals surface area contributed by atoms with Crippen LogP contribution >= 0.6 is 18.8 Å². The van der Waals surface area contributed by atoms with Gasteiger partial charge in [-0.2, -0.15) is 0 Å². The predicted molar refractivity (Wildman–Crippen MR) is 135 cm³/mol. The van der Waals surface area contributed by atoms with Crippen LogP contribution in [0.2, 0.25) is 0 Å². The quantitative estimate of drug-likeness (QED) is 0.112. The van der Waals surface area contributed by atoms with Crippen LogP contribution in [-0.4, -0.2) is 18.8 Å². The minimum atomic E-state index is -1.92. The Morgan fingerprint density at radius 2 is 1.52 bits per heavy atom. The van der Waals surface area contributed by atoms with Gasteiger partial charge in [-0.15, -0.1) is 0 Å². The number of ether oxygens (including phenoxy) is 1. The molecule has 0 aliphatic heterocycles. The summed E-state index contributed by atoms with van der Waals surface area (Å²) in [4.78, 5) is 2.66. The molecule has 0 fully saturated rings. The van der Waals surface area contributed by atoms with Gasteiger partial charge in [0.25, 0.3) is 0 Å². The second-order valence-corrected chi connectivity index (χ2v) is 16.0. The summed E-state index contributed by atoms with van der Waals surface area (Å²) in [5.41, 5.74) is 1.13. The summed E-state index contributed by atoms with van der Waals surface area (Å²) in [6.07, 6.45) is 1.88. The molecule has 0 bridgehead atoms. The molecule has 2 nitrogen and oxygen atoms in total. The number of rotatable bonds is 7. The first-order valence-electron chi connectivity index (χ1n) is 9.34. The summed E-state index contributed by atoms with van der Waals surface area (Å²) in [5, 5.41) is 5.16. The SMILES string of the molecule is C=Cc1ccc([S+](c2cc3ccccc3c3ccccc23)I(COC)OC)cc1. The number of alkyl halides is 1. The van der Waals surface area contributed by atoms with Crippen LogP contribution in [0.3, 0.4) is 0 Å². The van der Waals surface area contributed by atoms with Crippen molar-refractivity contribution in [2.24, 2.45) is 0 Å². The van der Waals surface area contributed by atoms with E-state index in [1.54, 1.807) is 7.11 Å². The molecular weight excluding hydrogens is 491 g/mol. The zero-order chi connectivity index (χ0) is 20.2. The van der Waals surface area contributed by atoms with Crippen molar-refractivity contribution in [2.75, 3.05) is 18.8 Å². The molecule has 29 heavy (non-hydrogen) atoms. The number of halogens is 1. The van der Waals surface area contributed by atoms with Crippen LogP contribution in [0.4, 0.5) is 0 Å². The summed E-state index contributed by atoms with van der Waals surface area (Å²) in [6.45, 7) is 3.89. The van der Waals surface area contributed by atoms with E-state index in [-0.39, 0.29) is 8.07 Å². The summed E-state index contributed by atoms with van der Waals surface area (Å²) >= 11 is -1.92. The van der Waals surface area contributed by atoms with Gasteiger partial charge in [0, 0.05) is 0 Å². The van der Waals surface area contributed by atoms with E-state index in [0.717, 1.165) is 5.56 Å². The molecule has 4 heteroatoms. The van der Waals surface area contributed by atoms with Crippen molar-refractivity contribution >= 4 is 54.5 Å². The number of hydrogen-bond donors (Lipinski definition) is 0. The Morgan fingerprint density at radius 1 is 0.862 bits per heavy atom. The third-order valence-electron chi connectivity index (χ3n) is 4.79. The van der Waals surface area contributed by atoms with E-state index in [1.807, 2.05) is 13.2 Å². The molecule has 0 radical (unpaired) electrons. The van der Waals surface area contributed by atoms with Gasteiger partial charge in [-0.3, -0.25) is 0 Å². The van der Waals surface area contributed by atoms with Crippen LogP contribution in [0.1, 0.15) is 5.56 Å². The van der Waals surface area contributed by atoms with Crippen molar-refractivity contribution < 1.29 is 7.80 Å². The second-order valence-electron chi connectivity index (χ2n) is 6.50. The monoisotopic (exact) mass is 515 g/mol. The van der Waals surface area contributed by atoms with Crippen LogP contribution in [0.25, 0.3) is 27.6 Å². The predicted octanol–water partition coefficient (Wildman–Crippen LogP) is 7.26. The first kappa shape index (κ1) is 20.4. The number of methoxy groups -OCH3 is 1. The molecule has 0 saturated heterocycles. The van der Waals surface area contributed by atoms with Crippen LogP contribution < -0.4 is 0 Å². The van der Waals surface area contributed by atoms with Crippen molar-refractivity contribution in [1.82, 2.24) is 0 Å². The standard InChI is InChI=1S/C25H24IO2S/c1-4-19-13-15-21(16-14-19)29(26(28-3)18-27-2)25-17-20-9-5-6-10-22(20)23-11-7-8-12-24(23)25/h4-17H,1,18H2,2-3H3/q+1. The van der Waals surface area contributed by atoms with Gasteiger partial charge in [0.05, 0.1) is 0 Å². The zero-order valence-corrected chi connectivity index (χ0v) is 19.6. The minimum absolute atomic E-state index is 0.155. The van der Waals surface area contributed by atoms with Crippen LogP contribution in [-0.2, 0) is 15.9 Å². The molecule has 4 aromatic carbocycles. The Morgan fingerprint density at radius 3 is 2.17 bits per heavy atom. The van der Waals surface area contributed by atoms with Gasteiger partial charge in [-0.25, -0.2) is 0 Å². The van der Waals surface area contributed by atoms with Gasteiger partial charge in [0.2, 0.25) is 0 Å². The Bertz CT molecular complexity index is 1140. The summed E-state index contributed by atoms with van der Waals surface area (Å²) < 4.78 is 12.4. The second kappa shape index (κ2) is 9.30. The number of fused-ring (bicyclic) bond motifs is 3. The topological polar surface area (TPSA) is 18.5 Å². The molecule has 4 aromatic rings. The average Bonchev–Trinajstić information content (AvgIpc) is 2.79. The molecule has 0 heterocycles. The fraction of sp³-hybridized carbons (Fsp3) is 0.120. The van der Waals surface area contributed by atoms with Gasteiger partial charge in [-0.1, -0.05) is 0 Å². The molecule has 0 spiro atoms. The number of benzene rings is 4. The molecule has 0 aliphatic carbocycles. The van der Waals surface area contributed by atoms with Crippen molar-refractivity contribution in [3.05, 3.63) is 91.0 Å². The van der Waals surface area contributed by atoms with Gasteiger partial charge < -0.3 is 0 Å². The van der Waals surface area contributed by atoms with E-state index in [0.29, 0.717) is 4.61 Å². The van der Waals surface area contributed by atoms with E-state index >= 15 is 0 Å². The van der Waals surface area contributed by atoms with Crippen LogP contribution in [0, 0.1) is 0 Å². The maximum absolute atomic E-state index is 6.10. The zero-order valence-electron chi connectivity index (χ0n) is 16.6. The fourth-order valence-electron chi connectivity index (χ4n) is 3.45. The van der Waals surface area contributed by atoms with E-state index in [1.165, 1.54) is 31.3 Å². The Balaban J connectivity index is 2.00.